The van der Waals surface area contributed by atoms with Crippen molar-refractivity contribution in [3.63, 3.8) is 0 Å². The van der Waals surface area contributed by atoms with E-state index in [1.54, 1.807) is 17.2 Å². The first kappa shape index (κ1) is 19.8. The summed E-state index contributed by atoms with van der Waals surface area (Å²) in [5.74, 6) is -0.0241. The van der Waals surface area contributed by atoms with Crippen molar-refractivity contribution in [2.75, 3.05) is 26.2 Å². The van der Waals surface area contributed by atoms with Crippen LogP contribution >= 0.6 is 0 Å². The van der Waals surface area contributed by atoms with E-state index in [-0.39, 0.29) is 5.91 Å². The minimum absolute atomic E-state index is 0.0241. The van der Waals surface area contributed by atoms with Gasteiger partial charge in [-0.2, -0.15) is 9.40 Å². The van der Waals surface area contributed by atoms with Crippen molar-refractivity contribution in [3.8, 4) is 0 Å². The molecule has 1 saturated heterocycles. The van der Waals surface area contributed by atoms with Crippen molar-refractivity contribution in [3.05, 3.63) is 46.8 Å². The van der Waals surface area contributed by atoms with E-state index in [0.717, 1.165) is 50.8 Å². The van der Waals surface area contributed by atoms with E-state index < -0.39 is 10.0 Å². The predicted molar refractivity (Wildman–Crippen MR) is 113 cm³/mol. The van der Waals surface area contributed by atoms with E-state index in [2.05, 4.69) is 5.10 Å². The van der Waals surface area contributed by atoms with Gasteiger partial charge in [0.25, 0.3) is 5.91 Å². The molecule has 1 aromatic carbocycles. The van der Waals surface area contributed by atoms with Crippen LogP contribution in [0.15, 0.2) is 29.3 Å². The molecule has 0 radical (unpaired) electrons. The van der Waals surface area contributed by atoms with Gasteiger partial charge >= 0.3 is 0 Å². The first-order valence-corrected chi connectivity index (χ1v) is 12.4. The van der Waals surface area contributed by atoms with Gasteiger partial charge in [0.05, 0.1) is 22.3 Å². The second-order valence-corrected chi connectivity index (χ2v) is 10.5. The minimum atomic E-state index is -3.53. The number of carbonyl (C=O) groups is 1. The third kappa shape index (κ3) is 3.46. The number of hydrogen-bond acceptors (Lipinski definition) is 4. The summed E-state index contributed by atoms with van der Waals surface area (Å²) in [6, 6.07) is 5.58. The molecule has 160 valence electrons. The van der Waals surface area contributed by atoms with Crippen molar-refractivity contribution < 1.29 is 13.2 Å². The highest BCUT2D eigenvalue weighted by Crippen LogP contribution is 2.27. The Labute approximate surface area is 177 Å². The summed E-state index contributed by atoms with van der Waals surface area (Å²) in [5.41, 5.74) is 4.15. The van der Waals surface area contributed by atoms with E-state index in [1.807, 2.05) is 16.8 Å². The topological polar surface area (TPSA) is 75.5 Å². The van der Waals surface area contributed by atoms with Gasteiger partial charge in [-0.05, 0) is 68.2 Å². The molecule has 1 fully saturated rings. The highest BCUT2D eigenvalue weighted by atomic mass is 32.2. The third-order valence-electron chi connectivity index (χ3n) is 6.70. The largest absolute Gasteiger partial charge is 0.336 e. The fourth-order valence-corrected chi connectivity index (χ4v) is 6.39. The number of amides is 1. The fraction of sp³-hybridized carbons (Fsp3) is 0.545. The Hall–Kier alpha value is -2.19. The molecular formula is C22H28N4O3S. The number of aromatic nitrogens is 2. The molecule has 1 aliphatic carbocycles. The Morgan fingerprint density at radius 1 is 0.867 bits per heavy atom. The van der Waals surface area contributed by atoms with Crippen LogP contribution in [-0.2, 0) is 35.8 Å². The number of piperazine rings is 1. The van der Waals surface area contributed by atoms with Crippen LogP contribution < -0.4 is 0 Å². The molecule has 8 heteroatoms. The SMILES string of the molecule is O=C(c1cnn2c1CCCC2)N1CCN(S(=O)(=O)c2ccc3c(c2)CCCC3)CC1. The zero-order chi connectivity index (χ0) is 20.7. The molecule has 1 aromatic heterocycles. The molecule has 3 aliphatic rings. The lowest BCUT2D eigenvalue weighted by atomic mass is 9.92. The number of carbonyl (C=O) groups excluding carboxylic acids is 1. The maximum atomic E-state index is 13.2. The van der Waals surface area contributed by atoms with Crippen LogP contribution in [0.1, 0.15) is 52.9 Å². The average Bonchev–Trinajstić information content (AvgIpc) is 3.22. The van der Waals surface area contributed by atoms with Crippen molar-refractivity contribution in [2.24, 2.45) is 0 Å². The summed E-state index contributed by atoms with van der Waals surface area (Å²) in [6.45, 7) is 2.35. The number of sulfonamides is 1. The number of aryl methyl sites for hydroxylation is 3. The van der Waals surface area contributed by atoms with Gasteiger partial charge < -0.3 is 4.90 Å². The van der Waals surface area contributed by atoms with E-state index in [9.17, 15) is 13.2 Å². The Morgan fingerprint density at radius 3 is 2.40 bits per heavy atom. The number of benzene rings is 1. The summed E-state index contributed by atoms with van der Waals surface area (Å²) in [7, 11) is -3.53. The normalized spacial score (nSPS) is 19.9. The molecule has 5 rings (SSSR count). The maximum absolute atomic E-state index is 13.2. The molecule has 2 aliphatic heterocycles. The molecule has 1 amide bonds. The van der Waals surface area contributed by atoms with E-state index >= 15 is 0 Å². The summed E-state index contributed by atoms with van der Waals surface area (Å²) in [4.78, 5) is 15.2. The maximum Gasteiger partial charge on any atom is 0.257 e. The third-order valence-corrected chi connectivity index (χ3v) is 8.59. The number of rotatable bonds is 3. The number of nitrogens with zero attached hydrogens (tertiary/aromatic N) is 4. The molecule has 0 N–H and O–H groups in total. The zero-order valence-corrected chi connectivity index (χ0v) is 18.0. The highest BCUT2D eigenvalue weighted by molar-refractivity contribution is 7.89. The zero-order valence-electron chi connectivity index (χ0n) is 17.2. The lowest BCUT2D eigenvalue weighted by Crippen LogP contribution is -2.50. The molecule has 30 heavy (non-hydrogen) atoms. The molecule has 3 heterocycles. The summed E-state index contributed by atoms with van der Waals surface area (Å²) >= 11 is 0. The van der Waals surface area contributed by atoms with E-state index in [1.165, 1.54) is 21.9 Å². The van der Waals surface area contributed by atoms with Crippen LogP contribution in [0, 0.1) is 0 Å². The molecular weight excluding hydrogens is 400 g/mol. The van der Waals surface area contributed by atoms with Crippen LogP contribution in [0.5, 0.6) is 0 Å². The standard InChI is InChI=1S/C22H28N4O3S/c27-22(20-16-23-26-10-4-3-7-21(20)26)24-11-13-25(14-12-24)30(28,29)19-9-8-17-5-1-2-6-18(17)15-19/h8-9,15-16H,1-7,10-14H2. The molecule has 7 nitrogen and oxygen atoms in total. The first-order chi connectivity index (χ1) is 14.5. The highest BCUT2D eigenvalue weighted by Gasteiger charge is 2.32. The summed E-state index contributed by atoms with van der Waals surface area (Å²) < 4.78 is 29.8. The quantitative estimate of drug-likeness (QED) is 0.751. The summed E-state index contributed by atoms with van der Waals surface area (Å²) in [5, 5.41) is 4.36. The van der Waals surface area contributed by atoms with Gasteiger partial charge in [0, 0.05) is 32.7 Å². The van der Waals surface area contributed by atoms with Gasteiger partial charge in [-0.1, -0.05) is 6.07 Å². The second kappa shape index (κ2) is 7.81. The van der Waals surface area contributed by atoms with Crippen LogP contribution in [0.2, 0.25) is 0 Å². The van der Waals surface area contributed by atoms with Crippen molar-refractivity contribution in [1.82, 2.24) is 19.0 Å². The lowest BCUT2D eigenvalue weighted by Gasteiger charge is -2.34. The lowest BCUT2D eigenvalue weighted by molar-refractivity contribution is 0.0696. The van der Waals surface area contributed by atoms with Gasteiger partial charge in [0.15, 0.2) is 0 Å². The van der Waals surface area contributed by atoms with E-state index in [4.69, 9.17) is 0 Å². The molecule has 0 unspecified atom stereocenters. The molecule has 0 atom stereocenters. The fourth-order valence-electron chi connectivity index (χ4n) is 4.92. The molecule has 0 saturated carbocycles. The van der Waals surface area contributed by atoms with Gasteiger partial charge in [0.2, 0.25) is 10.0 Å². The molecule has 0 spiro atoms. The van der Waals surface area contributed by atoms with Crippen molar-refractivity contribution in [2.45, 2.75) is 56.4 Å². The van der Waals surface area contributed by atoms with Crippen LogP contribution in [0.4, 0.5) is 0 Å². The van der Waals surface area contributed by atoms with E-state index in [0.29, 0.717) is 36.6 Å². The van der Waals surface area contributed by atoms with Gasteiger partial charge in [-0.3, -0.25) is 9.48 Å². The Morgan fingerprint density at radius 2 is 1.60 bits per heavy atom. The van der Waals surface area contributed by atoms with Gasteiger partial charge in [-0.15, -0.1) is 0 Å². The van der Waals surface area contributed by atoms with Crippen LogP contribution in [0.25, 0.3) is 0 Å². The molecule has 0 bridgehead atoms. The number of hydrogen-bond donors (Lipinski definition) is 0. The Bertz CT molecular complexity index is 1070. The van der Waals surface area contributed by atoms with Crippen LogP contribution in [-0.4, -0.2) is 59.5 Å². The number of fused-ring (bicyclic) bond motifs is 2. The predicted octanol–water partition coefficient (Wildman–Crippen LogP) is 2.24. The van der Waals surface area contributed by atoms with Crippen LogP contribution in [0.3, 0.4) is 0 Å². The minimum Gasteiger partial charge on any atom is -0.336 e. The van der Waals surface area contributed by atoms with Crippen molar-refractivity contribution in [1.29, 1.82) is 0 Å². The summed E-state index contributed by atoms with van der Waals surface area (Å²) in [6.07, 6.45) is 9.03. The monoisotopic (exact) mass is 428 g/mol. The van der Waals surface area contributed by atoms with Crippen molar-refractivity contribution >= 4 is 15.9 Å². The smallest absolute Gasteiger partial charge is 0.257 e. The Balaban J connectivity index is 1.28. The first-order valence-electron chi connectivity index (χ1n) is 11.0. The Kier molecular flexibility index (Phi) is 5.14. The second-order valence-electron chi connectivity index (χ2n) is 8.52. The average molecular weight is 429 g/mol. The van der Waals surface area contributed by atoms with Gasteiger partial charge in [-0.25, -0.2) is 8.42 Å². The molecule has 2 aromatic rings. The van der Waals surface area contributed by atoms with Gasteiger partial charge in [0.1, 0.15) is 0 Å².